The molecule has 0 bridgehead atoms. The van der Waals surface area contributed by atoms with Crippen molar-refractivity contribution in [2.24, 2.45) is 0 Å². The van der Waals surface area contributed by atoms with Crippen LogP contribution in [0.4, 0.5) is 0 Å². The van der Waals surface area contributed by atoms with Crippen LogP contribution < -0.4 is 0 Å². The lowest BCUT2D eigenvalue weighted by Gasteiger charge is -1.97. The van der Waals surface area contributed by atoms with E-state index in [-0.39, 0.29) is 20.9 Å². The molecular weight excluding hydrogens is 389 g/mol. The zero-order valence-electron chi connectivity index (χ0n) is 9.38. The van der Waals surface area contributed by atoms with Crippen molar-refractivity contribution in [2.45, 2.75) is 0 Å². The van der Waals surface area contributed by atoms with Crippen LogP contribution in [0.5, 0.6) is 0 Å². The van der Waals surface area contributed by atoms with Gasteiger partial charge in [0.05, 0.1) is 10.6 Å². The van der Waals surface area contributed by atoms with E-state index in [0.29, 0.717) is 21.6 Å². The van der Waals surface area contributed by atoms with Gasteiger partial charge in [0, 0.05) is 5.02 Å². The third-order valence-corrected chi connectivity index (χ3v) is 3.18. The smallest absolute Gasteiger partial charge is 0.154 e. The van der Waals surface area contributed by atoms with E-state index in [1.165, 1.54) is 18.2 Å². The van der Waals surface area contributed by atoms with Crippen LogP contribution in [-0.2, 0) is 0 Å². The second kappa shape index (κ2) is 8.23. The minimum Gasteiger partial charge on any atom is -0.298 e. The van der Waals surface area contributed by atoms with Crippen molar-refractivity contribution in [3.63, 3.8) is 0 Å². The number of aldehydes is 1. The number of pyridine rings is 2. The SMILES string of the molecule is Clc1cc(Cl)nc(Cl)c1.O=Cc1c(Cl)cc(Cl)nc1Cl. The van der Waals surface area contributed by atoms with Crippen molar-refractivity contribution in [3.05, 3.63) is 54.4 Å². The molecule has 9 heteroatoms. The van der Waals surface area contributed by atoms with Gasteiger partial charge in [-0.05, 0) is 18.2 Å². The zero-order chi connectivity index (χ0) is 15.3. The monoisotopic (exact) mass is 390 g/mol. The lowest BCUT2D eigenvalue weighted by Crippen LogP contribution is -1.87. The van der Waals surface area contributed by atoms with Crippen LogP contribution in [0.2, 0.25) is 30.7 Å². The van der Waals surface area contributed by atoms with Crippen molar-refractivity contribution in [3.8, 4) is 0 Å². The molecule has 0 aliphatic carbocycles. The Labute approximate surface area is 144 Å². The number of halogens is 6. The van der Waals surface area contributed by atoms with Gasteiger partial charge < -0.3 is 0 Å². The van der Waals surface area contributed by atoms with Crippen LogP contribution in [-0.4, -0.2) is 16.3 Å². The molecule has 0 unspecified atom stereocenters. The predicted molar refractivity (Wildman–Crippen MR) is 83.9 cm³/mol. The van der Waals surface area contributed by atoms with Gasteiger partial charge in [0.25, 0.3) is 0 Å². The van der Waals surface area contributed by atoms with Crippen molar-refractivity contribution < 1.29 is 4.79 Å². The summed E-state index contributed by atoms with van der Waals surface area (Å²) in [5, 5.41) is 1.54. The molecule has 0 aromatic carbocycles. The van der Waals surface area contributed by atoms with E-state index < -0.39 is 0 Å². The summed E-state index contributed by atoms with van der Waals surface area (Å²) in [6.07, 6.45) is 0.536. The minimum absolute atomic E-state index is 0.0255. The second-order valence-corrected chi connectivity index (χ2v) is 5.54. The normalized spacial score (nSPS) is 9.70. The van der Waals surface area contributed by atoms with Gasteiger partial charge in [0.2, 0.25) is 0 Å². The van der Waals surface area contributed by atoms with Gasteiger partial charge in [0.1, 0.15) is 20.6 Å². The van der Waals surface area contributed by atoms with Crippen molar-refractivity contribution in [1.82, 2.24) is 9.97 Å². The van der Waals surface area contributed by atoms with Gasteiger partial charge in [-0.1, -0.05) is 69.6 Å². The summed E-state index contributed by atoms with van der Waals surface area (Å²) in [7, 11) is 0. The van der Waals surface area contributed by atoms with Crippen molar-refractivity contribution in [1.29, 1.82) is 0 Å². The summed E-state index contributed by atoms with van der Waals surface area (Å²) < 4.78 is 0. The molecule has 0 saturated heterocycles. The first-order valence-corrected chi connectivity index (χ1v) is 7.05. The first kappa shape index (κ1) is 17.8. The molecule has 2 aromatic rings. The highest BCUT2D eigenvalue weighted by Crippen LogP contribution is 2.23. The summed E-state index contributed by atoms with van der Waals surface area (Å²) in [4.78, 5) is 17.6. The highest BCUT2D eigenvalue weighted by atomic mass is 35.5. The molecule has 0 saturated carbocycles. The largest absolute Gasteiger partial charge is 0.298 e. The van der Waals surface area contributed by atoms with Crippen LogP contribution >= 0.6 is 69.6 Å². The lowest BCUT2D eigenvalue weighted by molar-refractivity contribution is 0.112. The highest BCUT2D eigenvalue weighted by Gasteiger charge is 2.06. The van der Waals surface area contributed by atoms with Crippen LogP contribution in [0.3, 0.4) is 0 Å². The Morgan fingerprint density at radius 1 is 0.800 bits per heavy atom. The molecule has 106 valence electrons. The summed E-state index contributed by atoms with van der Waals surface area (Å²) in [5.74, 6) is 0. The van der Waals surface area contributed by atoms with Gasteiger partial charge in [-0.2, -0.15) is 0 Å². The Morgan fingerprint density at radius 3 is 1.70 bits per heavy atom. The van der Waals surface area contributed by atoms with Gasteiger partial charge in [-0.3, -0.25) is 4.79 Å². The molecule has 0 aliphatic rings. The molecular formula is C11H4Cl6N2O. The fourth-order valence-electron chi connectivity index (χ4n) is 1.01. The third kappa shape index (κ3) is 5.60. The summed E-state index contributed by atoms with van der Waals surface area (Å²) >= 11 is 33.1. The molecule has 2 rings (SSSR count). The highest BCUT2D eigenvalue weighted by molar-refractivity contribution is 6.39. The van der Waals surface area contributed by atoms with E-state index in [4.69, 9.17) is 69.6 Å². The van der Waals surface area contributed by atoms with Gasteiger partial charge in [0.15, 0.2) is 6.29 Å². The van der Waals surface area contributed by atoms with Crippen LogP contribution in [0, 0.1) is 0 Å². The Bertz CT molecular complexity index is 561. The molecule has 3 nitrogen and oxygen atoms in total. The van der Waals surface area contributed by atoms with E-state index in [9.17, 15) is 4.79 Å². The number of aromatic nitrogens is 2. The maximum absolute atomic E-state index is 10.3. The number of carbonyl (C=O) groups excluding carboxylic acids is 1. The quantitative estimate of drug-likeness (QED) is 0.448. The molecule has 0 fully saturated rings. The minimum atomic E-state index is 0.0255. The van der Waals surface area contributed by atoms with Crippen LogP contribution in [0.15, 0.2) is 18.2 Å². The maximum atomic E-state index is 10.3. The third-order valence-electron chi connectivity index (χ3n) is 1.78. The summed E-state index contributed by atoms with van der Waals surface area (Å²) in [6, 6.07) is 4.41. The summed E-state index contributed by atoms with van der Waals surface area (Å²) in [6.45, 7) is 0. The van der Waals surface area contributed by atoms with Gasteiger partial charge in [-0.15, -0.1) is 0 Å². The fraction of sp³-hybridized carbons (Fsp3) is 0. The van der Waals surface area contributed by atoms with Crippen molar-refractivity contribution in [2.75, 3.05) is 0 Å². The Morgan fingerprint density at radius 2 is 1.30 bits per heavy atom. The zero-order valence-corrected chi connectivity index (χ0v) is 13.9. The van der Waals surface area contributed by atoms with E-state index >= 15 is 0 Å². The predicted octanol–water partition coefficient (Wildman–Crippen LogP) is 5.90. The number of rotatable bonds is 1. The van der Waals surface area contributed by atoms with Gasteiger partial charge in [-0.25, -0.2) is 9.97 Å². The van der Waals surface area contributed by atoms with Crippen LogP contribution in [0.25, 0.3) is 0 Å². The number of hydrogen-bond donors (Lipinski definition) is 0. The number of nitrogens with zero attached hydrogens (tertiary/aromatic N) is 2. The number of hydrogen-bond acceptors (Lipinski definition) is 3. The Kier molecular flexibility index (Phi) is 7.30. The molecule has 0 atom stereocenters. The van der Waals surface area contributed by atoms with E-state index in [1.54, 1.807) is 0 Å². The molecule has 0 radical (unpaired) electrons. The average molecular weight is 393 g/mol. The Balaban J connectivity index is 0.000000204. The second-order valence-electron chi connectivity index (χ2n) is 3.18. The molecule has 2 heterocycles. The molecule has 0 spiro atoms. The van der Waals surface area contributed by atoms with Gasteiger partial charge >= 0.3 is 0 Å². The fourth-order valence-corrected chi connectivity index (χ4v) is 2.60. The van der Waals surface area contributed by atoms with Crippen LogP contribution in [0.1, 0.15) is 10.4 Å². The molecule has 0 amide bonds. The van der Waals surface area contributed by atoms with E-state index in [2.05, 4.69) is 9.97 Å². The lowest BCUT2D eigenvalue weighted by atomic mass is 10.3. The summed E-state index contributed by atoms with van der Waals surface area (Å²) in [5.41, 5.74) is 0.165. The Hall–Kier alpha value is -0.290. The maximum Gasteiger partial charge on any atom is 0.154 e. The topological polar surface area (TPSA) is 42.9 Å². The van der Waals surface area contributed by atoms with Crippen molar-refractivity contribution >= 4 is 75.9 Å². The molecule has 20 heavy (non-hydrogen) atoms. The van der Waals surface area contributed by atoms with E-state index in [0.717, 1.165) is 0 Å². The standard InChI is InChI=1S/C6H2Cl3NO.C5H2Cl3N/c7-4-1-5(8)10-6(9)3(4)2-11;6-3-1-4(7)9-5(8)2-3/h1-2H;1-2H. The average Bonchev–Trinajstić information content (AvgIpc) is 2.26. The van der Waals surface area contributed by atoms with E-state index in [1.807, 2.05) is 0 Å². The molecule has 0 aliphatic heterocycles. The number of carbonyl (C=O) groups is 1. The molecule has 0 N–H and O–H groups in total. The molecule has 2 aromatic heterocycles. The first-order chi connectivity index (χ1) is 9.33. The first-order valence-electron chi connectivity index (χ1n) is 4.78.